The van der Waals surface area contributed by atoms with Gasteiger partial charge in [-0.15, -0.1) is 0 Å². The standard InChI is InChI=1S/C25H25N3/c1-28-22-16-9-8-15-21(22)27-24(28)25(19-11-4-2-5-12-19)18-10-17-23(25)26-20-13-6-3-7-14-20/h2-9,11-16,23,26H,10,17-18H2,1H3/t23-,25+/m1/s1. The molecule has 28 heavy (non-hydrogen) atoms. The van der Waals surface area contributed by atoms with E-state index in [-0.39, 0.29) is 5.41 Å². The van der Waals surface area contributed by atoms with Crippen molar-refractivity contribution in [3.8, 4) is 0 Å². The Morgan fingerprint density at radius 2 is 1.57 bits per heavy atom. The minimum atomic E-state index is -0.148. The van der Waals surface area contributed by atoms with Crippen LogP contribution in [0.5, 0.6) is 0 Å². The van der Waals surface area contributed by atoms with Gasteiger partial charge in [0.2, 0.25) is 0 Å². The second kappa shape index (κ2) is 6.83. The van der Waals surface area contributed by atoms with E-state index in [1.165, 1.54) is 23.2 Å². The Kier molecular flexibility index (Phi) is 4.16. The maximum absolute atomic E-state index is 5.16. The number of hydrogen-bond donors (Lipinski definition) is 1. The molecule has 140 valence electrons. The van der Waals surface area contributed by atoms with Crippen LogP contribution in [-0.2, 0) is 12.5 Å². The predicted molar refractivity (Wildman–Crippen MR) is 116 cm³/mol. The molecule has 0 spiro atoms. The first-order valence-electron chi connectivity index (χ1n) is 10.1. The van der Waals surface area contributed by atoms with Crippen LogP contribution in [0.15, 0.2) is 84.9 Å². The largest absolute Gasteiger partial charge is 0.381 e. The number of fused-ring (bicyclic) bond motifs is 1. The molecule has 0 aliphatic heterocycles. The third-order valence-corrected chi connectivity index (χ3v) is 6.25. The Morgan fingerprint density at radius 1 is 0.893 bits per heavy atom. The lowest BCUT2D eigenvalue weighted by Crippen LogP contribution is -2.43. The third-order valence-electron chi connectivity index (χ3n) is 6.25. The van der Waals surface area contributed by atoms with Crippen LogP contribution in [-0.4, -0.2) is 15.6 Å². The van der Waals surface area contributed by atoms with Crippen LogP contribution >= 0.6 is 0 Å². The molecule has 1 aliphatic rings. The average molecular weight is 367 g/mol. The summed E-state index contributed by atoms with van der Waals surface area (Å²) < 4.78 is 2.30. The summed E-state index contributed by atoms with van der Waals surface area (Å²) >= 11 is 0. The van der Waals surface area contributed by atoms with E-state index in [9.17, 15) is 0 Å². The van der Waals surface area contributed by atoms with E-state index in [4.69, 9.17) is 4.98 Å². The molecule has 1 fully saturated rings. The normalized spacial score (nSPS) is 21.8. The smallest absolute Gasteiger partial charge is 0.122 e. The highest BCUT2D eigenvalue weighted by molar-refractivity contribution is 5.76. The molecular formula is C25H25N3. The van der Waals surface area contributed by atoms with Crippen LogP contribution in [0.4, 0.5) is 5.69 Å². The number of hydrogen-bond acceptors (Lipinski definition) is 2. The van der Waals surface area contributed by atoms with Crippen LogP contribution < -0.4 is 5.32 Å². The van der Waals surface area contributed by atoms with Gasteiger partial charge in [-0.3, -0.25) is 0 Å². The van der Waals surface area contributed by atoms with Gasteiger partial charge in [0.05, 0.1) is 16.4 Å². The second-order valence-corrected chi connectivity index (χ2v) is 7.78. The van der Waals surface area contributed by atoms with Gasteiger partial charge in [-0.05, 0) is 49.1 Å². The highest BCUT2D eigenvalue weighted by Gasteiger charge is 2.48. The van der Waals surface area contributed by atoms with Gasteiger partial charge in [0.15, 0.2) is 0 Å². The van der Waals surface area contributed by atoms with E-state index in [2.05, 4.69) is 102 Å². The number of nitrogens with one attached hydrogen (secondary N) is 1. The number of rotatable bonds is 4. The van der Waals surface area contributed by atoms with Gasteiger partial charge >= 0.3 is 0 Å². The molecule has 1 aromatic heterocycles. The SMILES string of the molecule is Cn1c([C@]2(c3ccccc3)CCC[C@H]2Nc2ccccc2)nc2ccccc21. The van der Waals surface area contributed by atoms with Crippen molar-refractivity contribution in [2.24, 2.45) is 7.05 Å². The van der Waals surface area contributed by atoms with Crippen LogP contribution in [0.2, 0.25) is 0 Å². The maximum Gasteiger partial charge on any atom is 0.122 e. The van der Waals surface area contributed by atoms with Crippen molar-refractivity contribution in [3.05, 3.63) is 96.3 Å². The van der Waals surface area contributed by atoms with Gasteiger partial charge in [-0.2, -0.15) is 0 Å². The predicted octanol–water partition coefficient (Wildman–Crippen LogP) is 5.52. The molecule has 1 N–H and O–H groups in total. The molecule has 0 saturated heterocycles. The molecule has 1 saturated carbocycles. The molecule has 4 aromatic rings. The van der Waals surface area contributed by atoms with Gasteiger partial charge < -0.3 is 9.88 Å². The molecule has 2 atom stereocenters. The van der Waals surface area contributed by atoms with Crippen LogP contribution in [0.25, 0.3) is 11.0 Å². The highest BCUT2D eigenvalue weighted by atomic mass is 15.1. The first-order chi connectivity index (χ1) is 13.8. The summed E-state index contributed by atoms with van der Waals surface area (Å²) in [6, 6.07) is 30.2. The molecule has 3 nitrogen and oxygen atoms in total. The summed E-state index contributed by atoms with van der Waals surface area (Å²) in [6.45, 7) is 0. The number of aromatic nitrogens is 2. The van der Waals surface area contributed by atoms with Crippen molar-refractivity contribution in [3.63, 3.8) is 0 Å². The quantitative estimate of drug-likeness (QED) is 0.514. The first kappa shape index (κ1) is 17.1. The number of imidazole rings is 1. The lowest BCUT2D eigenvalue weighted by molar-refractivity contribution is 0.449. The summed E-state index contributed by atoms with van der Waals surface area (Å²) in [7, 11) is 2.16. The Morgan fingerprint density at radius 3 is 2.32 bits per heavy atom. The monoisotopic (exact) mass is 367 g/mol. The molecule has 0 unspecified atom stereocenters. The molecular weight excluding hydrogens is 342 g/mol. The Hall–Kier alpha value is -3.07. The van der Waals surface area contributed by atoms with E-state index < -0.39 is 0 Å². The van der Waals surface area contributed by atoms with E-state index >= 15 is 0 Å². The van der Waals surface area contributed by atoms with Crippen molar-refractivity contribution in [1.82, 2.24) is 9.55 Å². The van der Waals surface area contributed by atoms with Crippen LogP contribution in [0, 0.1) is 0 Å². The lowest BCUT2D eigenvalue weighted by atomic mass is 9.74. The fourth-order valence-electron chi connectivity index (χ4n) is 4.96. The summed E-state index contributed by atoms with van der Waals surface area (Å²) in [5, 5.41) is 3.85. The minimum absolute atomic E-state index is 0.148. The first-order valence-corrected chi connectivity index (χ1v) is 10.1. The number of aryl methyl sites for hydroxylation is 1. The zero-order valence-corrected chi connectivity index (χ0v) is 16.2. The third kappa shape index (κ3) is 2.62. The Bertz CT molecular complexity index is 1080. The van der Waals surface area contributed by atoms with Crippen molar-refractivity contribution in [2.75, 3.05) is 5.32 Å². The fraction of sp³-hybridized carbons (Fsp3) is 0.240. The van der Waals surface area contributed by atoms with Gasteiger partial charge in [0.25, 0.3) is 0 Å². The van der Waals surface area contributed by atoms with Crippen molar-refractivity contribution in [2.45, 2.75) is 30.7 Å². The lowest BCUT2D eigenvalue weighted by Gasteiger charge is -2.36. The molecule has 5 rings (SSSR count). The van der Waals surface area contributed by atoms with Gasteiger partial charge in [0, 0.05) is 18.8 Å². The number of para-hydroxylation sites is 3. The van der Waals surface area contributed by atoms with Gasteiger partial charge in [-0.1, -0.05) is 60.7 Å². The molecule has 0 bridgehead atoms. The molecule has 0 amide bonds. The van der Waals surface area contributed by atoms with E-state index in [1.807, 2.05) is 0 Å². The van der Waals surface area contributed by atoms with E-state index in [0.29, 0.717) is 6.04 Å². The van der Waals surface area contributed by atoms with Crippen molar-refractivity contribution >= 4 is 16.7 Å². The van der Waals surface area contributed by atoms with E-state index in [0.717, 1.165) is 24.2 Å². The molecule has 1 aliphatic carbocycles. The average Bonchev–Trinajstić information content (AvgIpc) is 3.32. The molecule has 3 heteroatoms. The van der Waals surface area contributed by atoms with Crippen LogP contribution in [0.3, 0.4) is 0 Å². The molecule has 3 aromatic carbocycles. The number of benzene rings is 3. The van der Waals surface area contributed by atoms with Gasteiger partial charge in [0.1, 0.15) is 5.82 Å². The van der Waals surface area contributed by atoms with Gasteiger partial charge in [-0.25, -0.2) is 4.98 Å². The topological polar surface area (TPSA) is 29.9 Å². The zero-order valence-electron chi connectivity index (χ0n) is 16.2. The number of anilines is 1. The molecule has 0 radical (unpaired) electrons. The second-order valence-electron chi connectivity index (χ2n) is 7.78. The fourth-order valence-corrected chi connectivity index (χ4v) is 4.96. The molecule has 1 heterocycles. The Balaban J connectivity index is 1.70. The van der Waals surface area contributed by atoms with Crippen LogP contribution in [0.1, 0.15) is 30.7 Å². The summed E-state index contributed by atoms with van der Waals surface area (Å²) in [5.74, 6) is 1.16. The minimum Gasteiger partial charge on any atom is -0.381 e. The highest BCUT2D eigenvalue weighted by Crippen LogP contribution is 2.47. The Labute approximate surface area is 166 Å². The summed E-state index contributed by atoms with van der Waals surface area (Å²) in [5.41, 5.74) is 4.64. The van der Waals surface area contributed by atoms with Crippen molar-refractivity contribution in [1.29, 1.82) is 0 Å². The summed E-state index contributed by atoms with van der Waals surface area (Å²) in [6.07, 6.45) is 3.41. The van der Waals surface area contributed by atoms with E-state index in [1.54, 1.807) is 0 Å². The zero-order chi connectivity index (χ0) is 19.0. The van der Waals surface area contributed by atoms with Crippen molar-refractivity contribution < 1.29 is 0 Å². The number of nitrogens with zero attached hydrogens (tertiary/aromatic N) is 2. The maximum atomic E-state index is 5.16. The summed E-state index contributed by atoms with van der Waals surface area (Å²) in [4.78, 5) is 5.16.